The van der Waals surface area contributed by atoms with Gasteiger partial charge in [0.1, 0.15) is 0 Å². The number of nitrogens with one attached hydrogen (secondary N) is 1. The van der Waals surface area contributed by atoms with Crippen molar-refractivity contribution in [1.82, 2.24) is 0 Å². The predicted molar refractivity (Wildman–Crippen MR) is 87.8 cm³/mol. The van der Waals surface area contributed by atoms with Gasteiger partial charge in [0.05, 0.1) is 15.7 Å². The van der Waals surface area contributed by atoms with Crippen LogP contribution in [0.1, 0.15) is 11.1 Å². The van der Waals surface area contributed by atoms with Crippen LogP contribution in [0, 0.1) is 0 Å². The fourth-order valence-corrected chi connectivity index (χ4v) is 2.54. The molecule has 2 aromatic carbocycles. The average Bonchev–Trinajstić information content (AvgIpc) is 2.47. The molecule has 0 amide bonds. The van der Waals surface area contributed by atoms with Crippen LogP contribution in [-0.2, 0) is 6.54 Å². The lowest BCUT2D eigenvalue weighted by Gasteiger charge is -2.12. The quantitative estimate of drug-likeness (QED) is 0.334. The van der Waals surface area contributed by atoms with E-state index in [9.17, 15) is 0 Å². The summed E-state index contributed by atoms with van der Waals surface area (Å²) in [6.45, 7) is 0.443. The number of anilines is 1. The maximum Gasteiger partial charge on any atom is 0.170 e. The lowest BCUT2D eigenvalue weighted by Crippen LogP contribution is -2.13. The molecule has 0 spiro atoms. The van der Waals surface area contributed by atoms with Crippen molar-refractivity contribution < 1.29 is 5.21 Å². The van der Waals surface area contributed by atoms with Crippen LogP contribution in [0.3, 0.4) is 0 Å². The maximum absolute atomic E-state index is 8.64. The molecule has 0 aliphatic rings. The third-order valence-corrected chi connectivity index (χ3v) is 3.86. The Balaban J connectivity index is 2.18. The Kier molecular flexibility index (Phi) is 5.17. The molecule has 110 valence electrons. The van der Waals surface area contributed by atoms with Gasteiger partial charge in [0.25, 0.3) is 0 Å². The fraction of sp³-hybridized carbons (Fsp3) is 0.0714. The first kappa shape index (κ1) is 15.8. The summed E-state index contributed by atoms with van der Waals surface area (Å²) < 4.78 is 0. The van der Waals surface area contributed by atoms with Gasteiger partial charge in [0, 0.05) is 17.1 Å². The Morgan fingerprint density at radius 2 is 1.76 bits per heavy atom. The van der Waals surface area contributed by atoms with Crippen molar-refractivity contribution in [2.24, 2.45) is 10.9 Å². The first-order valence-electron chi connectivity index (χ1n) is 5.97. The van der Waals surface area contributed by atoms with Gasteiger partial charge in [-0.3, -0.25) is 0 Å². The van der Waals surface area contributed by atoms with Gasteiger partial charge in [-0.25, -0.2) is 0 Å². The van der Waals surface area contributed by atoms with Crippen LogP contribution >= 0.6 is 34.8 Å². The standard InChI is InChI=1S/C14H12Cl3N3O/c15-10-2-1-3-11(16)13(10)19-7-9-5-4-8(6-12(9)17)14(18)20-21/h1-6,19,21H,7H2,(H2,18,20). The second-order valence-corrected chi connectivity index (χ2v) is 5.46. The third-order valence-electron chi connectivity index (χ3n) is 2.87. The van der Waals surface area contributed by atoms with Crippen molar-refractivity contribution >= 4 is 46.3 Å². The molecule has 0 fully saturated rings. The van der Waals surface area contributed by atoms with Crippen LogP contribution in [-0.4, -0.2) is 11.0 Å². The van der Waals surface area contributed by atoms with E-state index in [0.29, 0.717) is 32.9 Å². The zero-order chi connectivity index (χ0) is 15.4. The Hall–Kier alpha value is -1.62. The van der Waals surface area contributed by atoms with E-state index < -0.39 is 0 Å². The summed E-state index contributed by atoms with van der Waals surface area (Å²) in [5.74, 6) is 0.00515. The first-order valence-corrected chi connectivity index (χ1v) is 7.10. The molecule has 0 heterocycles. The molecule has 4 nitrogen and oxygen atoms in total. The number of halogens is 3. The normalized spacial score (nSPS) is 11.5. The molecule has 0 aromatic heterocycles. The molecule has 2 aromatic rings. The Bertz CT molecular complexity index is 669. The lowest BCUT2D eigenvalue weighted by molar-refractivity contribution is 0.318. The lowest BCUT2D eigenvalue weighted by atomic mass is 10.1. The van der Waals surface area contributed by atoms with Gasteiger partial charge in [-0.05, 0) is 23.8 Å². The van der Waals surface area contributed by atoms with E-state index in [1.807, 2.05) is 0 Å². The van der Waals surface area contributed by atoms with Crippen molar-refractivity contribution in [3.05, 3.63) is 62.6 Å². The number of hydrogen-bond donors (Lipinski definition) is 3. The number of rotatable bonds is 4. The second-order valence-electron chi connectivity index (χ2n) is 4.24. The monoisotopic (exact) mass is 343 g/mol. The zero-order valence-electron chi connectivity index (χ0n) is 10.8. The molecule has 7 heteroatoms. The molecule has 0 unspecified atom stereocenters. The summed E-state index contributed by atoms with van der Waals surface area (Å²) in [7, 11) is 0. The maximum atomic E-state index is 8.64. The van der Waals surface area contributed by atoms with Crippen LogP contribution in [0.15, 0.2) is 41.6 Å². The summed E-state index contributed by atoms with van der Waals surface area (Å²) in [5.41, 5.74) is 7.54. The van der Waals surface area contributed by atoms with Crippen LogP contribution < -0.4 is 11.1 Å². The molecule has 0 saturated carbocycles. The minimum absolute atomic E-state index is 0.00515. The molecule has 0 radical (unpaired) electrons. The second kappa shape index (κ2) is 6.89. The molecular weight excluding hydrogens is 333 g/mol. The number of nitrogens with zero attached hydrogens (tertiary/aromatic N) is 1. The molecule has 0 atom stereocenters. The average molecular weight is 345 g/mol. The number of nitrogens with two attached hydrogens (primary N) is 1. The molecular formula is C14H12Cl3N3O. The highest BCUT2D eigenvalue weighted by molar-refractivity contribution is 6.39. The largest absolute Gasteiger partial charge is 0.409 e. The minimum atomic E-state index is 0.00515. The van der Waals surface area contributed by atoms with Gasteiger partial charge in [0.15, 0.2) is 5.84 Å². The van der Waals surface area contributed by atoms with Crippen molar-refractivity contribution in [2.75, 3.05) is 5.32 Å². The van der Waals surface area contributed by atoms with Crippen molar-refractivity contribution in [2.45, 2.75) is 6.54 Å². The van der Waals surface area contributed by atoms with Crippen molar-refractivity contribution in [3.8, 4) is 0 Å². The van der Waals surface area contributed by atoms with Gasteiger partial charge in [-0.1, -0.05) is 58.2 Å². The molecule has 4 N–H and O–H groups in total. The summed E-state index contributed by atoms with van der Waals surface area (Å²) in [6, 6.07) is 10.4. The Morgan fingerprint density at radius 3 is 2.33 bits per heavy atom. The van der Waals surface area contributed by atoms with E-state index in [1.165, 1.54) is 0 Å². The molecule has 21 heavy (non-hydrogen) atoms. The van der Waals surface area contributed by atoms with Crippen LogP contribution in [0.5, 0.6) is 0 Å². The van der Waals surface area contributed by atoms with E-state index in [4.69, 9.17) is 45.7 Å². The SMILES string of the molecule is N/C(=N/O)c1ccc(CNc2c(Cl)cccc2Cl)c(Cl)c1. The van der Waals surface area contributed by atoms with Crippen LogP contribution in [0.4, 0.5) is 5.69 Å². The van der Waals surface area contributed by atoms with Gasteiger partial charge in [-0.15, -0.1) is 0 Å². The van der Waals surface area contributed by atoms with Gasteiger partial charge in [0.2, 0.25) is 0 Å². The number of hydrogen-bond acceptors (Lipinski definition) is 3. The topological polar surface area (TPSA) is 70.6 Å². The predicted octanol–water partition coefficient (Wildman–Crippen LogP) is 4.35. The van der Waals surface area contributed by atoms with E-state index in [1.54, 1.807) is 36.4 Å². The molecule has 0 aliphatic heterocycles. The minimum Gasteiger partial charge on any atom is -0.409 e. The van der Waals surface area contributed by atoms with Gasteiger partial charge < -0.3 is 16.3 Å². The molecule has 2 rings (SSSR count). The van der Waals surface area contributed by atoms with E-state index in [0.717, 1.165) is 5.56 Å². The van der Waals surface area contributed by atoms with E-state index in [-0.39, 0.29) is 5.84 Å². The summed E-state index contributed by atoms with van der Waals surface area (Å²) in [4.78, 5) is 0. The number of oxime groups is 1. The van der Waals surface area contributed by atoms with Crippen LogP contribution in [0.2, 0.25) is 15.1 Å². The zero-order valence-corrected chi connectivity index (χ0v) is 13.0. The number of benzene rings is 2. The summed E-state index contributed by atoms with van der Waals surface area (Å²) in [6.07, 6.45) is 0. The van der Waals surface area contributed by atoms with E-state index >= 15 is 0 Å². The van der Waals surface area contributed by atoms with Crippen LogP contribution in [0.25, 0.3) is 0 Å². The van der Waals surface area contributed by atoms with Crippen molar-refractivity contribution in [1.29, 1.82) is 0 Å². The van der Waals surface area contributed by atoms with Gasteiger partial charge in [-0.2, -0.15) is 0 Å². The fourth-order valence-electron chi connectivity index (χ4n) is 1.76. The summed E-state index contributed by atoms with van der Waals surface area (Å²) in [5, 5.41) is 16.3. The molecule has 0 aliphatic carbocycles. The number of amidine groups is 1. The Morgan fingerprint density at radius 1 is 1.10 bits per heavy atom. The van der Waals surface area contributed by atoms with Crippen molar-refractivity contribution in [3.63, 3.8) is 0 Å². The first-order chi connectivity index (χ1) is 10.0. The Labute approximate surface area is 137 Å². The summed E-state index contributed by atoms with van der Waals surface area (Å²) >= 11 is 18.3. The number of para-hydroxylation sites is 1. The molecule has 0 saturated heterocycles. The molecule has 0 bridgehead atoms. The highest BCUT2D eigenvalue weighted by Gasteiger charge is 2.08. The van der Waals surface area contributed by atoms with E-state index in [2.05, 4.69) is 10.5 Å². The highest BCUT2D eigenvalue weighted by Crippen LogP contribution is 2.30. The third kappa shape index (κ3) is 3.73. The van der Waals surface area contributed by atoms with Gasteiger partial charge >= 0.3 is 0 Å². The smallest absolute Gasteiger partial charge is 0.170 e. The highest BCUT2D eigenvalue weighted by atomic mass is 35.5.